The van der Waals surface area contributed by atoms with Crippen LogP contribution >= 0.6 is 12.4 Å². The molecule has 0 radical (unpaired) electrons. The maximum absolute atomic E-state index is 14.2. The molecule has 0 unspecified atom stereocenters. The van der Waals surface area contributed by atoms with Crippen molar-refractivity contribution in [3.05, 3.63) is 112 Å². The molecule has 5 rings (SSSR count). The minimum absolute atomic E-state index is 0. The quantitative estimate of drug-likeness (QED) is 0.227. The molecule has 4 aromatic carbocycles. The van der Waals surface area contributed by atoms with Crippen molar-refractivity contribution in [2.45, 2.75) is 51.2 Å². The van der Waals surface area contributed by atoms with Gasteiger partial charge in [-0.2, -0.15) is 0 Å². The van der Waals surface area contributed by atoms with E-state index < -0.39 is 5.97 Å². The number of aryl methyl sites for hydroxylation is 1. The zero-order valence-electron chi connectivity index (χ0n) is 21.6. The van der Waals surface area contributed by atoms with E-state index in [1.807, 2.05) is 61.5 Å². The molecule has 0 saturated heterocycles. The summed E-state index contributed by atoms with van der Waals surface area (Å²) in [6, 6.07) is 24.7. The zero-order valence-corrected chi connectivity index (χ0v) is 22.4. The Hall–Kier alpha value is -3.41. The molecule has 1 aliphatic heterocycles. The monoisotopic (exact) mass is 533 g/mol. The van der Waals surface area contributed by atoms with Gasteiger partial charge in [0.05, 0.1) is 11.7 Å². The second-order valence-electron chi connectivity index (χ2n) is 9.94. The molecule has 0 aromatic heterocycles. The number of nitrogens with one attached hydrogen (secondary N) is 1. The first-order valence-electron chi connectivity index (χ1n) is 12.9. The third kappa shape index (κ3) is 5.69. The van der Waals surface area contributed by atoms with Crippen LogP contribution < -0.4 is 10.1 Å². The van der Waals surface area contributed by atoms with Crippen molar-refractivity contribution in [3.63, 3.8) is 0 Å². The predicted molar refractivity (Wildman–Crippen MR) is 152 cm³/mol. The third-order valence-electron chi connectivity index (χ3n) is 7.50. The summed E-state index contributed by atoms with van der Waals surface area (Å²) in [5.41, 5.74) is 4.70. The highest BCUT2D eigenvalue weighted by molar-refractivity contribution is 5.88. The maximum Gasteiger partial charge on any atom is 0.335 e. The van der Waals surface area contributed by atoms with Gasteiger partial charge in [0.2, 0.25) is 0 Å². The molecule has 4 aromatic rings. The van der Waals surface area contributed by atoms with E-state index in [0.29, 0.717) is 10.9 Å². The van der Waals surface area contributed by atoms with E-state index in [1.54, 1.807) is 18.2 Å². The molecule has 0 fully saturated rings. The normalized spacial score (nSPS) is 17.2. The fourth-order valence-electron chi connectivity index (χ4n) is 5.59. The Morgan fingerprint density at radius 3 is 2.53 bits per heavy atom. The van der Waals surface area contributed by atoms with Gasteiger partial charge < -0.3 is 15.2 Å². The van der Waals surface area contributed by atoms with Crippen molar-refractivity contribution in [2.24, 2.45) is 0 Å². The lowest BCUT2D eigenvalue weighted by molar-refractivity contribution is 0.0696. The summed E-state index contributed by atoms with van der Waals surface area (Å²) < 4.78 is 20.6. The molecular weight excluding hydrogens is 501 g/mol. The molecule has 38 heavy (non-hydrogen) atoms. The lowest BCUT2D eigenvalue weighted by Crippen LogP contribution is -2.28. The van der Waals surface area contributed by atoms with E-state index >= 15 is 0 Å². The van der Waals surface area contributed by atoms with Gasteiger partial charge in [0, 0.05) is 22.9 Å². The largest absolute Gasteiger partial charge is 0.490 e. The zero-order chi connectivity index (χ0) is 25.9. The van der Waals surface area contributed by atoms with Crippen molar-refractivity contribution in [1.82, 2.24) is 5.32 Å². The maximum atomic E-state index is 14.2. The van der Waals surface area contributed by atoms with E-state index in [2.05, 4.69) is 18.3 Å². The van der Waals surface area contributed by atoms with Gasteiger partial charge in [-0.3, -0.25) is 0 Å². The number of hydrogen-bond acceptors (Lipinski definition) is 3. The number of aromatic carboxylic acids is 1. The van der Waals surface area contributed by atoms with E-state index in [9.17, 15) is 14.3 Å². The highest BCUT2D eigenvalue weighted by Crippen LogP contribution is 2.42. The Bertz CT molecular complexity index is 1440. The molecule has 198 valence electrons. The summed E-state index contributed by atoms with van der Waals surface area (Å²) in [4.78, 5) is 11.4. The number of halogens is 2. The van der Waals surface area contributed by atoms with Gasteiger partial charge in [-0.05, 0) is 86.0 Å². The lowest BCUT2D eigenvalue weighted by atomic mass is 9.81. The number of benzene rings is 4. The number of hydrogen-bond donors (Lipinski definition) is 2. The van der Waals surface area contributed by atoms with Gasteiger partial charge in [-0.25, -0.2) is 9.18 Å². The van der Waals surface area contributed by atoms with E-state index in [-0.39, 0.29) is 36.3 Å². The average molecular weight is 534 g/mol. The number of carbonyl (C=O) groups is 1. The fraction of sp³-hybridized carbons (Fsp3) is 0.281. The molecule has 1 heterocycles. The Labute approximate surface area is 229 Å². The van der Waals surface area contributed by atoms with Gasteiger partial charge in [0.15, 0.2) is 0 Å². The standard InChI is InChI=1S/C32H32FNO3.ClH/c1-20-18-22(32(35)36)13-14-24(20)29-19-23(37-31-12-6-5-11-28(29)31)8-7-17-34-21(2)25-15-16-30(33)27-10-4-3-9-26(25)27;/h3-6,9-16,18,21,23,29,34H,7-8,17,19H2,1-2H3,(H,35,36);1H/t21-,23+,29+;/m1./s1. The SMILES string of the molecule is Cc1cc(C(=O)O)ccc1[C@@H]1C[C@H](CCCN[C@H](C)c2ccc(F)c3ccccc23)Oc2ccccc21.Cl. The Kier molecular flexibility index (Phi) is 8.70. The Morgan fingerprint density at radius 1 is 1.03 bits per heavy atom. The van der Waals surface area contributed by atoms with Crippen molar-refractivity contribution in [2.75, 3.05) is 6.54 Å². The third-order valence-corrected chi connectivity index (χ3v) is 7.50. The van der Waals surface area contributed by atoms with Gasteiger partial charge in [0.25, 0.3) is 0 Å². The average Bonchev–Trinajstić information content (AvgIpc) is 2.91. The van der Waals surface area contributed by atoms with Crippen molar-refractivity contribution < 1.29 is 19.0 Å². The first-order valence-corrected chi connectivity index (χ1v) is 12.9. The van der Waals surface area contributed by atoms with Crippen LogP contribution in [0.5, 0.6) is 5.75 Å². The van der Waals surface area contributed by atoms with Crippen LogP contribution in [0.4, 0.5) is 4.39 Å². The summed E-state index contributed by atoms with van der Waals surface area (Å²) in [5, 5.41) is 14.6. The molecule has 0 spiro atoms. The van der Waals surface area contributed by atoms with E-state index in [1.165, 1.54) is 0 Å². The first-order chi connectivity index (χ1) is 17.9. The molecule has 0 bridgehead atoms. The minimum Gasteiger partial charge on any atom is -0.490 e. The van der Waals surface area contributed by atoms with Crippen molar-refractivity contribution in [3.8, 4) is 5.75 Å². The van der Waals surface area contributed by atoms with Crippen LogP contribution in [0.15, 0.2) is 78.9 Å². The predicted octanol–water partition coefficient (Wildman–Crippen LogP) is 7.82. The van der Waals surface area contributed by atoms with Gasteiger partial charge in [-0.1, -0.05) is 54.6 Å². The fourth-order valence-corrected chi connectivity index (χ4v) is 5.59. The molecule has 2 N–H and O–H groups in total. The summed E-state index contributed by atoms with van der Waals surface area (Å²) in [6.45, 7) is 4.93. The van der Waals surface area contributed by atoms with E-state index in [4.69, 9.17) is 4.74 Å². The van der Waals surface area contributed by atoms with Crippen LogP contribution in [-0.4, -0.2) is 23.7 Å². The molecule has 6 heteroatoms. The molecule has 1 aliphatic rings. The molecule has 3 atom stereocenters. The molecule has 0 aliphatic carbocycles. The minimum atomic E-state index is -0.907. The van der Waals surface area contributed by atoms with Crippen LogP contribution in [0.2, 0.25) is 0 Å². The van der Waals surface area contributed by atoms with Crippen LogP contribution in [-0.2, 0) is 0 Å². The number of carboxylic acids is 1. The Balaban J connectivity index is 0.00000336. The first kappa shape index (κ1) is 27.6. The van der Waals surface area contributed by atoms with Crippen LogP contribution in [0.3, 0.4) is 0 Å². The topological polar surface area (TPSA) is 58.6 Å². The molecular formula is C32H33ClFNO3. The van der Waals surface area contributed by atoms with Crippen molar-refractivity contribution in [1.29, 1.82) is 0 Å². The summed E-state index contributed by atoms with van der Waals surface area (Å²) in [5.74, 6) is -0.0289. The lowest BCUT2D eigenvalue weighted by Gasteiger charge is -2.33. The molecule has 0 amide bonds. The second-order valence-corrected chi connectivity index (χ2v) is 9.94. The van der Waals surface area contributed by atoms with Gasteiger partial charge in [-0.15, -0.1) is 12.4 Å². The van der Waals surface area contributed by atoms with Crippen LogP contribution in [0.1, 0.15) is 70.8 Å². The highest BCUT2D eigenvalue weighted by atomic mass is 35.5. The molecule has 4 nitrogen and oxygen atoms in total. The molecule has 0 saturated carbocycles. The smallest absolute Gasteiger partial charge is 0.335 e. The van der Waals surface area contributed by atoms with Crippen LogP contribution in [0.25, 0.3) is 10.8 Å². The van der Waals surface area contributed by atoms with Crippen LogP contribution in [0, 0.1) is 12.7 Å². The Morgan fingerprint density at radius 2 is 1.76 bits per heavy atom. The summed E-state index contributed by atoms with van der Waals surface area (Å²) in [7, 11) is 0. The number of fused-ring (bicyclic) bond motifs is 2. The highest BCUT2D eigenvalue weighted by Gasteiger charge is 2.30. The summed E-state index contributed by atoms with van der Waals surface area (Å²) >= 11 is 0. The van der Waals surface area contributed by atoms with Gasteiger partial charge >= 0.3 is 5.97 Å². The number of carboxylic acid groups (broad SMARTS) is 1. The van der Waals surface area contributed by atoms with Gasteiger partial charge in [0.1, 0.15) is 11.6 Å². The van der Waals surface area contributed by atoms with Crippen molar-refractivity contribution >= 4 is 29.1 Å². The summed E-state index contributed by atoms with van der Waals surface area (Å²) in [6.07, 6.45) is 2.77. The second kappa shape index (κ2) is 12.0. The van der Waals surface area contributed by atoms with E-state index in [0.717, 1.165) is 59.2 Å². The number of rotatable bonds is 8. The number of ether oxygens (including phenoxy) is 1. The number of para-hydroxylation sites is 1.